The van der Waals surface area contributed by atoms with Gasteiger partial charge in [0.15, 0.2) is 5.15 Å². The van der Waals surface area contributed by atoms with Gasteiger partial charge in [0, 0.05) is 12.1 Å². The van der Waals surface area contributed by atoms with Crippen LogP contribution >= 0.6 is 11.6 Å². The van der Waals surface area contributed by atoms with Gasteiger partial charge in [0.25, 0.3) is 0 Å². The first-order valence-electron chi connectivity index (χ1n) is 9.77. The fraction of sp³-hybridized carbons (Fsp3) is 0.125. The number of nitrogens with zero attached hydrogens (tertiary/aromatic N) is 2. The van der Waals surface area contributed by atoms with Gasteiger partial charge in [-0.2, -0.15) is 0 Å². The number of aromatic amines is 1. The summed E-state index contributed by atoms with van der Waals surface area (Å²) in [6, 6.07) is 16.5. The Morgan fingerprint density at radius 2 is 1.81 bits per heavy atom. The van der Waals surface area contributed by atoms with Crippen molar-refractivity contribution in [3.05, 3.63) is 82.9 Å². The lowest BCUT2D eigenvalue weighted by atomic mass is 9.98. The maximum atomic E-state index is 12.2. The predicted octanol–water partition coefficient (Wildman–Crippen LogP) is 4.50. The molecule has 0 aliphatic heterocycles. The fourth-order valence-electron chi connectivity index (χ4n) is 3.91. The Hall–Kier alpha value is -3.82. The second-order valence-electron chi connectivity index (χ2n) is 7.07. The van der Waals surface area contributed by atoms with E-state index in [0.29, 0.717) is 21.7 Å². The summed E-state index contributed by atoms with van der Waals surface area (Å²) < 4.78 is 5.50. The Kier molecular flexibility index (Phi) is 5.03. The van der Waals surface area contributed by atoms with Gasteiger partial charge in [0.2, 0.25) is 0 Å². The molecule has 0 bridgehead atoms. The van der Waals surface area contributed by atoms with Crippen molar-refractivity contribution in [1.29, 1.82) is 0 Å². The number of hydrogen-bond donors (Lipinski definition) is 2. The molecule has 152 valence electrons. The molecule has 1 aliphatic carbocycles. The molecule has 0 fully saturated rings. The van der Waals surface area contributed by atoms with Gasteiger partial charge in [-0.25, -0.2) is 14.8 Å². The standard InChI is InChI=1S/C24H17ClN4O2/c25-23-22-21(28-14-29-23)15(12-27-22)6-5-11-26-24(30)31-13-20-18-9-3-1-7-16(18)17-8-2-4-10-19(17)20/h1-4,7-10,12,14,20,27H,11,13H2,(H,26,30). The highest BCUT2D eigenvalue weighted by atomic mass is 35.5. The zero-order chi connectivity index (χ0) is 21.2. The third-order valence-corrected chi connectivity index (χ3v) is 5.59. The number of aromatic nitrogens is 3. The van der Waals surface area contributed by atoms with E-state index in [1.165, 1.54) is 28.6 Å². The number of fused-ring (bicyclic) bond motifs is 4. The normalized spacial score (nSPS) is 12.0. The molecule has 4 aromatic rings. The van der Waals surface area contributed by atoms with E-state index < -0.39 is 6.09 Å². The highest BCUT2D eigenvalue weighted by molar-refractivity contribution is 6.33. The Morgan fingerprint density at radius 1 is 1.10 bits per heavy atom. The summed E-state index contributed by atoms with van der Waals surface area (Å²) in [5.74, 6) is 5.90. The number of ether oxygens (including phenoxy) is 1. The first kappa shape index (κ1) is 19.2. The van der Waals surface area contributed by atoms with Gasteiger partial charge in [0.1, 0.15) is 24.0 Å². The molecule has 2 heterocycles. The Balaban J connectivity index is 1.21. The van der Waals surface area contributed by atoms with Crippen LogP contribution in [0, 0.1) is 11.8 Å². The minimum Gasteiger partial charge on any atom is -0.449 e. The van der Waals surface area contributed by atoms with Gasteiger partial charge in [-0.15, -0.1) is 0 Å². The van der Waals surface area contributed by atoms with E-state index in [-0.39, 0.29) is 19.1 Å². The third-order valence-electron chi connectivity index (χ3n) is 5.30. The van der Waals surface area contributed by atoms with Crippen LogP contribution in [0.15, 0.2) is 61.1 Å². The summed E-state index contributed by atoms with van der Waals surface area (Å²) in [4.78, 5) is 23.3. The van der Waals surface area contributed by atoms with E-state index in [1.807, 2.05) is 24.3 Å². The molecule has 1 aliphatic rings. The number of hydrogen-bond acceptors (Lipinski definition) is 4. The molecule has 0 atom stereocenters. The molecule has 31 heavy (non-hydrogen) atoms. The van der Waals surface area contributed by atoms with Gasteiger partial charge in [-0.3, -0.25) is 0 Å². The molecule has 5 rings (SSSR count). The average molecular weight is 429 g/mol. The van der Waals surface area contributed by atoms with E-state index >= 15 is 0 Å². The van der Waals surface area contributed by atoms with E-state index in [9.17, 15) is 4.79 Å². The first-order chi connectivity index (χ1) is 15.2. The fourth-order valence-corrected chi connectivity index (χ4v) is 4.10. The number of rotatable bonds is 3. The number of amides is 1. The topological polar surface area (TPSA) is 79.9 Å². The lowest BCUT2D eigenvalue weighted by Gasteiger charge is -2.14. The van der Waals surface area contributed by atoms with Crippen LogP contribution in [-0.2, 0) is 4.74 Å². The van der Waals surface area contributed by atoms with Crippen LogP contribution in [0.4, 0.5) is 4.79 Å². The number of carbonyl (C=O) groups is 1. The Labute approximate surface area is 183 Å². The zero-order valence-corrected chi connectivity index (χ0v) is 17.1. The molecule has 2 aromatic heterocycles. The van der Waals surface area contributed by atoms with Crippen LogP contribution in [0.3, 0.4) is 0 Å². The highest BCUT2D eigenvalue weighted by Gasteiger charge is 2.28. The molecule has 0 unspecified atom stereocenters. The van der Waals surface area contributed by atoms with Crippen molar-refractivity contribution in [2.24, 2.45) is 0 Å². The number of H-pyrrole nitrogens is 1. The van der Waals surface area contributed by atoms with Crippen molar-refractivity contribution >= 4 is 28.7 Å². The monoisotopic (exact) mass is 428 g/mol. The van der Waals surface area contributed by atoms with Crippen molar-refractivity contribution in [3.63, 3.8) is 0 Å². The quantitative estimate of drug-likeness (QED) is 0.372. The summed E-state index contributed by atoms with van der Waals surface area (Å²) in [6.07, 6.45) is 2.60. The number of nitrogens with one attached hydrogen (secondary N) is 2. The molecule has 2 N–H and O–H groups in total. The lowest BCUT2D eigenvalue weighted by Crippen LogP contribution is -2.26. The first-order valence-corrected chi connectivity index (χ1v) is 10.2. The zero-order valence-electron chi connectivity index (χ0n) is 16.4. The second kappa shape index (κ2) is 8.13. The van der Waals surface area contributed by atoms with Crippen LogP contribution in [-0.4, -0.2) is 34.2 Å². The van der Waals surface area contributed by atoms with Crippen LogP contribution in [0.2, 0.25) is 5.15 Å². The Morgan fingerprint density at radius 3 is 2.55 bits per heavy atom. The SMILES string of the molecule is O=C(NCC#Cc1c[nH]c2c(Cl)ncnc12)OCC1c2ccccc2-c2ccccc21. The van der Waals surface area contributed by atoms with Crippen molar-refractivity contribution in [3.8, 4) is 23.0 Å². The minimum absolute atomic E-state index is 0.0277. The predicted molar refractivity (Wildman–Crippen MR) is 119 cm³/mol. The van der Waals surface area contributed by atoms with Crippen molar-refractivity contribution in [2.45, 2.75) is 5.92 Å². The molecule has 0 radical (unpaired) electrons. The van der Waals surface area contributed by atoms with Crippen LogP contribution < -0.4 is 5.32 Å². The number of benzene rings is 2. The molecule has 7 heteroatoms. The lowest BCUT2D eigenvalue weighted by molar-refractivity contribution is 0.144. The number of halogens is 1. The number of carbonyl (C=O) groups excluding carboxylic acids is 1. The van der Waals surface area contributed by atoms with E-state index in [1.54, 1.807) is 6.20 Å². The molecule has 0 saturated carbocycles. The summed E-state index contributed by atoms with van der Waals surface area (Å²) in [7, 11) is 0. The van der Waals surface area contributed by atoms with Crippen molar-refractivity contribution in [1.82, 2.24) is 20.3 Å². The Bertz CT molecular complexity index is 1310. The summed E-state index contributed by atoms with van der Waals surface area (Å²) in [6.45, 7) is 0.424. The van der Waals surface area contributed by atoms with Crippen LogP contribution in [0.25, 0.3) is 22.2 Å². The van der Waals surface area contributed by atoms with Gasteiger partial charge in [-0.1, -0.05) is 72.0 Å². The molecular formula is C24H17ClN4O2. The van der Waals surface area contributed by atoms with Crippen LogP contribution in [0.1, 0.15) is 22.6 Å². The van der Waals surface area contributed by atoms with Crippen molar-refractivity contribution < 1.29 is 9.53 Å². The average Bonchev–Trinajstić information content (AvgIpc) is 3.35. The maximum Gasteiger partial charge on any atom is 0.407 e. The van der Waals surface area contributed by atoms with Gasteiger partial charge in [0.05, 0.1) is 12.1 Å². The third kappa shape index (κ3) is 3.60. The minimum atomic E-state index is -0.500. The van der Waals surface area contributed by atoms with E-state index in [4.69, 9.17) is 16.3 Å². The smallest absolute Gasteiger partial charge is 0.407 e. The van der Waals surface area contributed by atoms with Crippen LogP contribution in [0.5, 0.6) is 0 Å². The largest absolute Gasteiger partial charge is 0.449 e. The summed E-state index contributed by atoms with van der Waals surface area (Å²) in [5.41, 5.74) is 6.72. The van der Waals surface area contributed by atoms with Gasteiger partial charge < -0.3 is 15.0 Å². The molecular weight excluding hydrogens is 412 g/mol. The van der Waals surface area contributed by atoms with Crippen molar-refractivity contribution in [2.75, 3.05) is 13.2 Å². The van der Waals surface area contributed by atoms with Gasteiger partial charge in [-0.05, 0) is 22.3 Å². The maximum absolute atomic E-state index is 12.2. The summed E-state index contributed by atoms with van der Waals surface area (Å²) in [5, 5.41) is 3.02. The molecule has 0 spiro atoms. The van der Waals surface area contributed by atoms with E-state index in [0.717, 1.165) is 0 Å². The highest BCUT2D eigenvalue weighted by Crippen LogP contribution is 2.44. The second-order valence-corrected chi connectivity index (χ2v) is 7.43. The van der Waals surface area contributed by atoms with E-state index in [2.05, 4.69) is 56.4 Å². The molecule has 0 saturated heterocycles. The molecule has 2 aromatic carbocycles. The summed E-state index contributed by atoms with van der Waals surface area (Å²) >= 11 is 6.02. The molecule has 1 amide bonds. The van der Waals surface area contributed by atoms with Gasteiger partial charge >= 0.3 is 6.09 Å². The molecule has 6 nitrogen and oxygen atoms in total. The number of alkyl carbamates (subject to hydrolysis) is 1.